The fourth-order valence-corrected chi connectivity index (χ4v) is 1.25. The number of aliphatic hydroxyl groups excluding tert-OH is 1. The Morgan fingerprint density at radius 3 is 2.69 bits per heavy atom. The van der Waals surface area contributed by atoms with Crippen molar-refractivity contribution in [1.29, 1.82) is 5.26 Å². The number of nitriles is 1. The van der Waals surface area contributed by atoms with E-state index in [1.807, 2.05) is 19.9 Å². The van der Waals surface area contributed by atoms with Gasteiger partial charge >= 0.3 is 0 Å². The van der Waals surface area contributed by atoms with Crippen LogP contribution < -0.4 is 5.32 Å². The molecule has 1 aromatic carbocycles. The highest BCUT2D eigenvalue weighted by atomic mass is 19.1. The Kier molecular flexibility index (Phi) is 3.86. The van der Waals surface area contributed by atoms with Crippen LogP contribution in [0.3, 0.4) is 0 Å². The third-order valence-electron chi connectivity index (χ3n) is 2.66. The summed E-state index contributed by atoms with van der Waals surface area (Å²) >= 11 is 0. The van der Waals surface area contributed by atoms with Gasteiger partial charge in [0.25, 0.3) is 0 Å². The smallest absolute Gasteiger partial charge is 0.147 e. The van der Waals surface area contributed by atoms with E-state index in [9.17, 15) is 9.50 Å². The molecule has 1 unspecified atom stereocenters. The molecule has 0 aromatic heterocycles. The van der Waals surface area contributed by atoms with E-state index in [-0.39, 0.29) is 12.2 Å². The summed E-state index contributed by atoms with van der Waals surface area (Å²) < 4.78 is 13.5. The molecule has 0 aliphatic heterocycles. The molecule has 0 heterocycles. The number of aliphatic hydroxyl groups is 1. The summed E-state index contributed by atoms with van der Waals surface area (Å²) in [6.07, 6.45) is 0.670. The summed E-state index contributed by atoms with van der Waals surface area (Å²) in [5.41, 5.74) is 0.0392. The molecule has 1 atom stereocenters. The minimum absolute atomic E-state index is 0.0804. The lowest BCUT2D eigenvalue weighted by molar-refractivity contribution is 0.218. The van der Waals surface area contributed by atoms with Crippen molar-refractivity contribution in [2.24, 2.45) is 0 Å². The summed E-state index contributed by atoms with van der Waals surface area (Å²) in [5.74, 6) is -0.479. The van der Waals surface area contributed by atoms with E-state index in [1.54, 1.807) is 6.07 Å². The van der Waals surface area contributed by atoms with Gasteiger partial charge in [0.05, 0.1) is 29.5 Å². The Hall–Kier alpha value is -1.60. The van der Waals surface area contributed by atoms with Gasteiger partial charge in [-0.2, -0.15) is 5.26 Å². The molecule has 0 amide bonds. The molecule has 3 nitrogen and oxygen atoms in total. The third-order valence-corrected chi connectivity index (χ3v) is 2.66. The largest absolute Gasteiger partial charge is 0.394 e. The normalized spacial score (nSPS) is 13.9. The maximum atomic E-state index is 13.5. The van der Waals surface area contributed by atoms with E-state index in [1.165, 1.54) is 12.1 Å². The van der Waals surface area contributed by atoms with Crippen molar-refractivity contribution in [2.75, 3.05) is 11.9 Å². The molecular weight excluding hydrogens is 207 g/mol. The number of anilines is 1. The lowest BCUT2D eigenvalue weighted by atomic mass is 9.99. The number of hydrogen-bond acceptors (Lipinski definition) is 3. The van der Waals surface area contributed by atoms with Crippen LogP contribution in [0.15, 0.2) is 18.2 Å². The van der Waals surface area contributed by atoms with Gasteiger partial charge in [-0.05, 0) is 31.5 Å². The summed E-state index contributed by atoms with van der Waals surface area (Å²) in [4.78, 5) is 0. The fourth-order valence-electron chi connectivity index (χ4n) is 1.25. The number of nitrogens with one attached hydrogen (secondary N) is 1. The maximum Gasteiger partial charge on any atom is 0.147 e. The standard InChI is InChI=1S/C12H15FN2O/c1-3-12(2,8-16)15-11-5-4-9(7-14)6-10(11)13/h4-6,15-16H,3,8H2,1-2H3. The Balaban J connectivity index is 2.94. The van der Waals surface area contributed by atoms with Crippen LogP contribution in [0.2, 0.25) is 0 Å². The van der Waals surface area contributed by atoms with E-state index in [0.717, 1.165) is 0 Å². The summed E-state index contributed by atoms with van der Waals surface area (Å²) in [7, 11) is 0. The Labute approximate surface area is 94.5 Å². The SMILES string of the molecule is CCC(C)(CO)Nc1ccc(C#N)cc1F. The number of benzene rings is 1. The number of nitrogens with zero attached hydrogens (tertiary/aromatic N) is 1. The predicted octanol–water partition coefficient (Wildman–Crippen LogP) is 2.27. The minimum atomic E-state index is -0.547. The first-order valence-electron chi connectivity index (χ1n) is 5.13. The second kappa shape index (κ2) is 4.95. The molecule has 86 valence electrons. The minimum Gasteiger partial charge on any atom is -0.394 e. The summed E-state index contributed by atoms with van der Waals surface area (Å²) in [5, 5.41) is 20.7. The van der Waals surface area contributed by atoms with Gasteiger partial charge in [0.2, 0.25) is 0 Å². The van der Waals surface area contributed by atoms with E-state index in [0.29, 0.717) is 12.1 Å². The lowest BCUT2D eigenvalue weighted by Crippen LogP contribution is -2.38. The van der Waals surface area contributed by atoms with E-state index in [2.05, 4.69) is 5.32 Å². The van der Waals surface area contributed by atoms with Crippen LogP contribution in [0.5, 0.6) is 0 Å². The van der Waals surface area contributed by atoms with Crippen LogP contribution in [0.4, 0.5) is 10.1 Å². The molecule has 0 aliphatic carbocycles. The lowest BCUT2D eigenvalue weighted by Gasteiger charge is -2.28. The molecule has 0 bridgehead atoms. The van der Waals surface area contributed by atoms with Crippen molar-refractivity contribution in [2.45, 2.75) is 25.8 Å². The van der Waals surface area contributed by atoms with Crippen LogP contribution >= 0.6 is 0 Å². The molecule has 2 N–H and O–H groups in total. The molecule has 16 heavy (non-hydrogen) atoms. The molecule has 0 aliphatic rings. The highest BCUT2D eigenvalue weighted by molar-refractivity contribution is 5.50. The number of halogens is 1. The van der Waals surface area contributed by atoms with Crippen LogP contribution in [-0.4, -0.2) is 17.3 Å². The Morgan fingerprint density at radius 1 is 1.56 bits per heavy atom. The van der Waals surface area contributed by atoms with Gasteiger partial charge in [-0.3, -0.25) is 0 Å². The highest BCUT2D eigenvalue weighted by Gasteiger charge is 2.21. The molecule has 0 saturated carbocycles. The van der Waals surface area contributed by atoms with Crippen molar-refractivity contribution >= 4 is 5.69 Å². The van der Waals surface area contributed by atoms with Crippen molar-refractivity contribution in [3.63, 3.8) is 0 Å². The van der Waals surface area contributed by atoms with Crippen LogP contribution in [0.1, 0.15) is 25.8 Å². The molecule has 0 radical (unpaired) electrons. The first-order valence-corrected chi connectivity index (χ1v) is 5.13. The van der Waals surface area contributed by atoms with Gasteiger partial charge < -0.3 is 10.4 Å². The third kappa shape index (κ3) is 2.71. The number of rotatable bonds is 4. The van der Waals surface area contributed by atoms with E-state index < -0.39 is 11.4 Å². The second-order valence-corrected chi connectivity index (χ2v) is 4.00. The Bertz CT molecular complexity index is 408. The Morgan fingerprint density at radius 2 is 2.25 bits per heavy atom. The molecule has 0 fully saturated rings. The van der Waals surface area contributed by atoms with Gasteiger partial charge in [-0.1, -0.05) is 6.92 Å². The van der Waals surface area contributed by atoms with Crippen LogP contribution in [-0.2, 0) is 0 Å². The van der Waals surface area contributed by atoms with Gasteiger partial charge in [0.1, 0.15) is 5.82 Å². The molecular formula is C12H15FN2O. The van der Waals surface area contributed by atoms with E-state index in [4.69, 9.17) is 5.26 Å². The highest BCUT2D eigenvalue weighted by Crippen LogP contribution is 2.21. The average molecular weight is 222 g/mol. The van der Waals surface area contributed by atoms with Crippen molar-refractivity contribution in [1.82, 2.24) is 0 Å². The molecule has 4 heteroatoms. The zero-order valence-corrected chi connectivity index (χ0v) is 9.42. The van der Waals surface area contributed by atoms with Crippen LogP contribution in [0.25, 0.3) is 0 Å². The second-order valence-electron chi connectivity index (χ2n) is 4.00. The predicted molar refractivity (Wildman–Crippen MR) is 60.5 cm³/mol. The molecule has 1 aromatic rings. The molecule has 0 saturated heterocycles. The quantitative estimate of drug-likeness (QED) is 0.821. The first-order chi connectivity index (χ1) is 7.54. The summed E-state index contributed by atoms with van der Waals surface area (Å²) in [6.45, 7) is 3.64. The van der Waals surface area contributed by atoms with Gasteiger partial charge in [-0.15, -0.1) is 0 Å². The molecule has 0 spiro atoms. The fraction of sp³-hybridized carbons (Fsp3) is 0.417. The first kappa shape index (κ1) is 12.5. The average Bonchev–Trinajstić information content (AvgIpc) is 2.31. The van der Waals surface area contributed by atoms with Crippen molar-refractivity contribution in [3.8, 4) is 6.07 Å². The zero-order valence-electron chi connectivity index (χ0n) is 9.42. The monoisotopic (exact) mass is 222 g/mol. The topological polar surface area (TPSA) is 56.0 Å². The maximum absolute atomic E-state index is 13.5. The van der Waals surface area contributed by atoms with Gasteiger partial charge in [0, 0.05) is 0 Å². The summed E-state index contributed by atoms with van der Waals surface area (Å²) in [6, 6.07) is 6.10. The van der Waals surface area contributed by atoms with E-state index >= 15 is 0 Å². The number of hydrogen-bond donors (Lipinski definition) is 2. The van der Waals surface area contributed by atoms with Crippen molar-refractivity contribution < 1.29 is 9.50 Å². The van der Waals surface area contributed by atoms with Crippen LogP contribution in [0, 0.1) is 17.1 Å². The molecule has 1 rings (SSSR count). The van der Waals surface area contributed by atoms with Crippen molar-refractivity contribution in [3.05, 3.63) is 29.6 Å². The zero-order chi connectivity index (χ0) is 12.2. The van der Waals surface area contributed by atoms with Gasteiger partial charge in [-0.25, -0.2) is 4.39 Å². The van der Waals surface area contributed by atoms with Gasteiger partial charge in [0.15, 0.2) is 0 Å².